The fourth-order valence-electron chi connectivity index (χ4n) is 1.52. The van der Waals surface area contributed by atoms with Crippen LogP contribution in [0.2, 0.25) is 0 Å². The average Bonchev–Trinajstić information content (AvgIpc) is 2.28. The lowest BCUT2D eigenvalue weighted by Gasteiger charge is -2.20. The number of carbonyl (C=O) groups excluding carboxylic acids is 2. The van der Waals surface area contributed by atoms with Gasteiger partial charge in [0, 0.05) is 18.4 Å². The van der Waals surface area contributed by atoms with Crippen molar-refractivity contribution in [3.05, 3.63) is 35.9 Å². The average molecular weight is 220 g/mol. The number of carbonyl (C=O) groups is 2. The molecule has 0 aromatic heterocycles. The van der Waals surface area contributed by atoms with Gasteiger partial charge in [-0.1, -0.05) is 37.3 Å². The molecule has 3 heteroatoms. The molecule has 3 nitrogen and oxygen atoms in total. The number of benzene rings is 1. The lowest BCUT2D eigenvalue weighted by atomic mass is 9.90. The van der Waals surface area contributed by atoms with Crippen LogP contribution in [-0.2, 0) is 4.79 Å². The zero-order chi connectivity index (χ0) is 12.2. The minimum absolute atomic E-state index is 0.163. The predicted molar refractivity (Wildman–Crippen MR) is 61.3 cm³/mol. The Morgan fingerprint density at radius 3 is 2.31 bits per heavy atom. The van der Waals surface area contributed by atoms with E-state index in [9.17, 15) is 14.7 Å². The van der Waals surface area contributed by atoms with Gasteiger partial charge >= 0.3 is 0 Å². The van der Waals surface area contributed by atoms with Gasteiger partial charge in [-0.2, -0.15) is 0 Å². The molecule has 0 saturated carbocycles. The van der Waals surface area contributed by atoms with Crippen molar-refractivity contribution >= 4 is 11.6 Å². The molecule has 0 fully saturated rings. The summed E-state index contributed by atoms with van der Waals surface area (Å²) < 4.78 is 0. The summed E-state index contributed by atoms with van der Waals surface area (Å²) in [6.07, 6.45) is 0.0682. The summed E-state index contributed by atoms with van der Waals surface area (Å²) in [5.74, 6) is -0.524. The minimum atomic E-state index is -1.55. The van der Waals surface area contributed by atoms with E-state index in [4.69, 9.17) is 0 Å². The summed E-state index contributed by atoms with van der Waals surface area (Å²) in [4.78, 5) is 23.2. The maximum atomic E-state index is 11.8. The van der Waals surface area contributed by atoms with Gasteiger partial charge in [-0.3, -0.25) is 9.59 Å². The van der Waals surface area contributed by atoms with E-state index in [-0.39, 0.29) is 24.4 Å². The van der Waals surface area contributed by atoms with Crippen LogP contribution in [0, 0.1) is 0 Å². The van der Waals surface area contributed by atoms with Crippen LogP contribution in [0.1, 0.15) is 37.0 Å². The fraction of sp³-hybridized carbons (Fsp3) is 0.385. The van der Waals surface area contributed by atoms with Crippen LogP contribution in [0.15, 0.2) is 30.3 Å². The number of ketones is 2. The molecule has 1 N–H and O–H groups in total. The van der Waals surface area contributed by atoms with Crippen molar-refractivity contribution in [3.8, 4) is 0 Å². The summed E-state index contributed by atoms with van der Waals surface area (Å²) >= 11 is 0. The van der Waals surface area contributed by atoms with Gasteiger partial charge in [0.15, 0.2) is 11.6 Å². The van der Waals surface area contributed by atoms with Crippen molar-refractivity contribution in [2.75, 3.05) is 0 Å². The quantitative estimate of drug-likeness (QED) is 0.772. The molecule has 1 aromatic rings. The van der Waals surface area contributed by atoms with Crippen molar-refractivity contribution in [2.45, 2.75) is 32.3 Å². The topological polar surface area (TPSA) is 54.4 Å². The Kier molecular flexibility index (Phi) is 3.96. The lowest BCUT2D eigenvalue weighted by molar-refractivity contribution is -0.135. The predicted octanol–water partition coefficient (Wildman–Crippen LogP) is 1.99. The lowest BCUT2D eigenvalue weighted by Crippen LogP contribution is -2.37. The third-order valence-electron chi connectivity index (χ3n) is 2.52. The molecule has 0 aliphatic rings. The highest BCUT2D eigenvalue weighted by atomic mass is 16.3. The zero-order valence-electron chi connectivity index (χ0n) is 9.56. The highest BCUT2D eigenvalue weighted by Crippen LogP contribution is 2.16. The molecular weight excluding hydrogens is 204 g/mol. The van der Waals surface area contributed by atoms with Gasteiger partial charge in [-0.25, -0.2) is 0 Å². The van der Waals surface area contributed by atoms with E-state index in [2.05, 4.69) is 0 Å². The summed E-state index contributed by atoms with van der Waals surface area (Å²) in [6.45, 7) is 3.06. The van der Waals surface area contributed by atoms with Crippen molar-refractivity contribution in [1.29, 1.82) is 0 Å². The molecule has 0 radical (unpaired) electrons. The van der Waals surface area contributed by atoms with Crippen LogP contribution in [0.3, 0.4) is 0 Å². The molecule has 0 heterocycles. The van der Waals surface area contributed by atoms with E-state index in [1.54, 1.807) is 31.2 Å². The molecule has 1 atom stereocenters. The standard InChI is InChI=1S/C13H16O3/c1-3-12(15)13(2,16)9-11(14)10-7-5-4-6-8-10/h4-8,16H,3,9H2,1-2H3/t13-/m1/s1. The van der Waals surface area contributed by atoms with Crippen LogP contribution in [0.4, 0.5) is 0 Å². The van der Waals surface area contributed by atoms with Crippen LogP contribution >= 0.6 is 0 Å². The van der Waals surface area contributed by atoms with Crippen LogP contribution in [0.5, 0.6) is 0 Å². The monoisotopic (exact) mass is 220 g/mol. The van der Waals surface area contributed by atoms with Gasteiger partial charge < -0.3 is 5.11 Å². The third-order valence-corrected chi connectivity index (χ3v) is 2.52. The second kappa shape index (κ2) is 5.03. The number of hydrogen-bond donors (Lipinski definition) is 1. The summed E-state index contributed by atoms with van der Waals surface area (Å²) in [5, 5.41) is 9.84. The van der Waals surface area contributed by atoms with Gasteiger partial charge in [-0.15, -0.1) is 0 Å². The molecule has 0 unspecified atom stereocenters. The maximum Gasteiger partial charge on any atom is 0.166 e. The van der Waals surface area contributed by atoms with E-state index in [1.807, 2.05) is 6.07 Å². The van der Waals surface area contributed by atoms with Gasteiger partial charge in [0.25, 0.3) is 0 Å². The molecular formula is C13H16O3. The van der Waals surface area contributed by atoms with E-state index in [0.29, 0.717) is 5.56 Å². The zero-order valence-corrected chi connectivity index (χ0v) is 9.56. The first kappa shape index (κ1) is 12.6. The minimum Gasteiger partial charge on any atom is -0.382 e. The Bertz CT molecular complexity index is 379. The molecule has 86 valence electrons. The molecule has 0 amide bonds. The molecule has 0 bridgehead atoms. The van der Waals surface area contributed by atoms with Crippen molar-refractivity contribution in [3.63, 3.8) is 0 Å². The van der Waals surface area contributed by atoms with E-state index in [0.717, 1.165) is 0 Å². The Balaban J connectivity index is 2.76. The highest BCUT2D eigenvalue weighted by molar-refractivity contribution is 6.00. The van der Waals surface area contributed by atoms with Gasteiger partial charge in [0.05, 0.1) is 0 Å². The first-order valence-corrected chi connectivity index (χ1v) is 5.31. The molecule has 1 aromatic carbocycles. The van der Waals surface area contributed by atoms with Crippen LogP contribution < -0.4 is 0 Å². The second-order valence-corrected chi connectivity index (χ2v) is 4.02. The SMILES string of the molecule is CCC(=O)[C@](C)(O)CC(=O)c1ccccc1. The molecule has 0 aliphatic heterocycles. The first-order valence-electron chi connectivity index (χ1n) is 5.31. The van der Waals surface area contributed by atoms with E-state index >= 15 is 0 Å². The van der Waals surface area contributed by atoms with Crippen LogP contribution in [-0.4, -0.2) is 22.3 Å². The molecule has 1 rings (SSSR count). The highest BCUT2D eigenvalue weighted by Gasteiger charge is 2.31. The van der Waals surface area contributed by atoms with Crippen molar-refractivity contribution in [2.24, 2.45) is 0 Å². The largest absolute Gasteiger partial charge is 0.382 e. The summed E-state index contributed by atoms with van der Waals surface area (Å²) in [6, 6.07) is 8.67. The fourth-order valence-corrected chi connectivity index (χ4v) is 1.52. The normalized spacial score (nSPS) is 14.2. The summed E-state index contributed by atoms with van der Waals surface area (Å²) in [5.41, 5.74) is -1.03. The number of rotatable bonds is 5. The number of hydrogen-bond acceptors (Lipinski definition) is 3. The Labute approximate surface area is 95.1 Å². The first-order chi connectivity index (χ1) is 7.47. The van der Waals surface area contributed by atoms with E-state index in [1.165, 1.54) is 6.92 Å². The van der Waals surface area contributed by atoms with Gasteiger partial charge in [-0.05, 0) is 6.92 Å². The van der Waals surface area contributed by atoms with Gasteiger partial charge in [0.2, 0.25) is 0 Å². The Hall–Kier alpha value is -1.48. The van der Waals surface area contributed by atoms with E-state index < -0.39 is 5.60 Å². The third kappa shape index (κ3) is 3.00. The Morgan fingerprint density at radius 2 is 1.81 bits per heavy atom. The second-order valence-electron chi connectivity index (χ2n) is 4.02. The molecule has 16 heavy (non-hydrogen) atoms. The Morgan fingerprint density at radius 1 is 1.25 bits per heavy atom. The number of Topliss-reactive ketones (excluding diaryl/α,β-unsaturated/α-hetero) is 2. The molecule has 0 spiro atoms. The van der Waals surface area contributed by atoms with Crippen molar-refractivity contribution in [1.82, 2.24) is 0 Å². The summed E-state index contributed by atoms with van der Waals surface area (Å²) in [7, 11) is 0. The van der Waals surface area contributed by atoms with Crippen LogP contribution in [0.25, 0.3) is 0 Å². The van der Waals surface area contributed by atoms with Crippen molar-refractivity contribution < 1.29 is 14.7 Å². The maximum absolute atomic E-state index is 11.8. The number of aliphatic hydroxyl groups is 1. The molecule has 0 saturated heterocycles. The molecule has 0 aliphatic carbocycles. The smallest absolute Gasteiger partial charge is 0.166 e. The van der Waals surface area contributed by atoms with Gasteiger partial charge in [0.1, 0.15) is 5.60 Å².